The summed E-state index contributed by atoms with van der Waals surface area (Å²) in [5.74, 6) is 3.28. The normalized spacial score (nSPS) is 15.1. The molecule has 8 aromatic rings. The number of ether oxygens (including phenoxy) is 1. The molecular formula is C56H52N4O. The average Bonchev–Trinajstić information content (AvgIpc) is 3.59. The SMILES string of the molecule is CC(C)(C)c1cc(-c2ccc3c(c2)c2ccccc2n3-c2ccccc2)c2c(c1)C(C)(C)c1cc(C(C)(C)C)cc(C3N=C(c4ccccc4)NC(c4ccccc4)=N3)c1O2. The number of benzene rings is 7. The molecular weight excluding hydrogens is 745 g/mol. The summed E-state index contributed by atoms with van der Waals surface area (Å²) in [6.07, 6.45) is -0.558. The van der Waals surface area contributed by atoms with E-state index < -0.39 is 11.6 Å². The number of hydrogen-bond acceptors (Lipinski definition) is 4. The Balaban J connectivity index is 1.21. The molecule has 3 heterocycles. The Morgan fingerprint density at radius 1 is 0.525 bits per heavy atom. The van der Waals surface area contributed by atoms with Gasteiger partial charge in [0.15, 0.2) is 6.17 Å². The highest BCUT2D eigenvalue weighted by atomic mass is 16.5. The smallest absolute Gasteiger partial charge is 0.173 e. The Morgan fingerprint density at radius 3 is 1.66 bits per heavy atom. The van der Waals surface area contributed by atoms with Gasteiger partial charge in [0.1, 0.15) is 23.2 Å². The van der Waals surface area contributed by atoms with E-state index in [1.165, 1.54) is 38.5 Å². The van der Waals surface area contributed by atoms with Gasteiger partial charge in [-0.15, -0.1) is 0 Å². The first-order valence-corrected chi connectivity index (χ1v) is 21.4. The molecule has 302 valence electrons. The fraction of sp³-hybridized carbons (Fsp3) is 0.214. The van der Waals surface area contributed by atoms with Gasteiger partial charge in [-0.05, 0) is 70.0 Å². The van der Waals surface area contributed by atoms with Crippen molar-refractivity contribution >= 4 is 33.5 Å². The molecule has 1 N–H and O–H groups in total. The minimum absolute atomic E-state index is 0.105. The van der Waals surface area contributed by atoms with Gasteiger partial charge < -0.3 is 14.6 Å². The Kier molecular flexibility index (Phi) is 8.96. The van der Waals surface area contributed by atoms with Gasteiger partial charge in [-0.2, -0.15) is 0 Å². The molecule has 5 heteroatoms. The summed E-state index contributed by atoms with van der Waals surface area (Å²) in [6.45, 7) is 18.5. The maximum Gasteiger partial charge on any atom is 0.173 e. The molecule has 0 atom stereocenters. The number of rotatable bonds is 5. The number of nitrogens with zero attached hydrogens (tertiary/aromatic N) is 3. The van der Waals surface area contributed by atoms with Crippen LogP contribution in [0.1, 0.15) is 100 Å². The van der Waals surface area contributed by atoms with Crippen LogP contribution in [0.25, 0.3) is 38.6 Å². The van der Waals surface area contributed by atoms with E-state index in [0.29, 0.717) is 0 Å². The Bertz CT molecular complexity index is 3000. The molecule has 7 aromatic carbocycles. The molecule has 0 spiro atoms. The van der Waals surface area contributed by atoms with Crippen molar-refractivity contribution in [3.63, 3.8) is 0 Å². The number of para-hydroxylation sites is 2. The van der Waals surface area contributed by atoms with Crippen LogP contribution in [0.5, 0.6) is 11.5 Å². The van der Waals surface area contributed by atoms with Crippen molar-refractivity contribution in [3.8, 4) is 28.3 Å². The van der Waals surface area contributed by atoms with E-state index in [1.807, 2.05) is 12.1 Å². The third-order valence-corrected chi connectivity index (χ3v) is 12.6. The Hall–Kier alpha value is -6.72. The average molecular weight is 797 g/mol. The van der Waals surface area contributed by atoms with Gasteiger partial charge in [-0.25, -0.2) is 9.98 Å². The largest absolute Gasteiger partial charge is 0.456 e. The lowest BCUT2D eigenvalue weighted by Crippen LogP contribution is -2.36. The quantitative estimate of drug-likeness (QED) is 0.189. The first-order chi connectivity index (χ1) is 29.3. The highest BCUT2D eigenvalue weighted by molar-refractivity contribution is 6.16. The molecule has 0 bridgehead atoms. The van der Waals surface area contributed by atoms with Crippen molar-refractivity contribution in [2.45, 2.75) is 77.8 Å². The van der Waals surface area contributed by atoms with Crippen molar-refractivity contribution in [2.24, 2.45) is 9.98 Å². The second kappa shape index (κ2) is 14.2. The lowest BCUT2D eigenvalue weighted by atomic mass is 9.70. The minimum atomic E-state index is -0.558. The molecule has 0 fully saturated rings. The van der Waals surface area contributed by atoms with Crippen molar-refractivity contribution in [2.75, 3.05) is 0 Å². The molecule has 0 saturated heterocycles. The maximum atomic E-state index is 7.51. The third-order valence-electron chi connectivity index (χ3n) is 12.6. The number of hydrogen-bond donors (Lipinski definition) is 1. The molecule has 0 unspecified atom stereocenters. The topological polar surface area (TPSA) is 50.9 Å². The van der Waals surface area contributed by atoms with Gasteiger partial charge in [-0.3, -0.25) is 0 Å². The standard InChI is InChI=1S/C56H52N4O/c1-54(2,3)38-31-42(37-28-29-48-43(30-37)41-26-18-19-27-47(41)60(48)40-24-16-11-17-25-40)49-45(33-38)56(7,8)46-34-39(55(4,5)6)32-44(50(46)61-49)53-58-51(35-20-12-9-13-21-35)57-52(59-53)36-22-14-10-15-23-36/h9-34,53H,1-8H3,(H,57,58,59). The molecule has 2 aliphatic rings. The van der Waals surface area contributed by atoms with E-state index in [4.69, 9.17) is 14.7 Å². The predicted molar refractivity (Wildman–Crippen MR) is 254 cm³/mol. The fourth-order valence-electron chi connectivity index (χ4n) is 9.02. The minimum Gasteiger partial charge on any atom is -0.456 e. The van der Waals surface area contributed by atoms with Gasteiger partial charge in [0, 0.05) is 55.3 Å². The first-order valence-electron chi connectivity index (χ1n) is 21.4. The van der Waals surface area contributed by atoms with Crippen molar-refractivity contribution in [1.29, 1.82) is 0 Å². The summed E-state index contributed by atoms with van der Waals surface area (Å²) in [4.78, 5) is 10.8. The van der Waals surface area contributed by atoms with Gasteiger partial charge >= 0.3 is 0 Å². The van der Waals surface area contributed by atoms with Crippen LogP contribution in [0.3, 0.4) is 0 Å². The molecule has 0 amide bonds. The van der Waals surface area contributed by atoms with E-state index in [2.05, 4.69) is 211 Å². The third kappa shape index (κ3) is 6.64. The first kappa shape index (κ1) is 38.5. The summed E-state index contributed by atoms with van der Waals surface area (Å²) in [6, 6.07) is 56.4. The number of fused-ring (bicyclic) bond motifs is 5. The molecule has 1 aromatic heterocycles. The molecule has 61 heavy (non-hydrogen) atoms. The van der Waals surface area contributed by atoms with Crippen LogP contribution in [-0.2, 0) is 16.2 Å². The van der Waals surface area contributed by atoms with Crippen LogP contribution in [0.4, 0.5) is 0 Å². The molecule has 0 saturated carbocycles. The van der Waals surface area contributed by atoms with E-state index in [1.54, 1.807) is 0 Å². The Morgan fingerprint density at radius 2 is 1.05 bits per heavy atom. The summed E-state index contributed by atoms with van der Waals surface area (Å²) in [5.41, 5.74) is 12.8. The number of aliphatic imine (C=N–C) groups is 2. The van der Waals surface area contributed by atoms with E-state index >= 15 is 0 Å². The molecule has 2 aliphatic heterocycles. The van der Waals surface area contributed by atoms with Crippen molar-refractivity contribution in [1.82, 2.24) is 9.88 Å². The van der Waals surface area contributed by atoms with Crippen LogP contribution >= 0.6 is 0 Å². The second-order valence-corrected chi connectivity index (χ2v) is 19.2. The molecule has 10 rings (SSSR count). The van der Waals surface area contributed by atoms with E-state index in [-0.39, 0.29) is 10.8 Å². The van der Waals surface area contributed by atoms with Crippen LogP contribution in [0.2, 0.25) is 0 Å². The zero-order valence-corrected chi connectivity index (χ0v) is 36.3. The van der Waals surface area contributed by atoms with Crippen LogP contribution in [-0.4, -0.2) is 16.2 Å². The molecule has 5 nitrogen and oxygen atoms in total. The highest BCUT2D eigenvalue weighted by Gasteiger charge is 2.41. The van der Waals surface area contributed by atoms with Crippen LogP contribution in [0, 0.1) is 0 Å². The number of aromatic nitrogens is 1. The summed E-state index contributed by atoms with van der Waals surface area (Å²) in [7, 11) is 0. The van der Waals surface area contributed by atoms with Gasteiger partial charge in [0.25, 0.3) is 0 Å². The lowest BCUT2D eigenvalue weighted by molar-refractivity contribution is 0.408. The van der Waals surface area contributed by atoms with Crippen LogP contribution < -0.4 is 10.1 Å². The van der Waals surface area contributed by atoms with E-state index in [0.717, 1.165) is 62.2 Å². The van der Waals surface area contributed by atoms with Gasteiger partial charge in [-0.1, -0.05) is 171 Å². The van der Waals surface area contributed by atoms with Crippen LogP contribution in [0.15, 0.2) is 168 Å². The monoisotopic (exact) mass is 796 g/mol. The zero-order chi connectivity index (χ0) is 42.3. The van der Waals surface area contributed by atoms with Gasteiger partial charge in [0.2, 0.25) is 0 Å². The Labute approximate surface area is 359 Å². The van der Waals surface area contributed by atoms with E-state index in [9.17, 15) is 0 Å². The van der Waals surface area contributed by atoms with Crippen molar-refractivity contribution < 1.29 is 4.74 Å². The van der Waals surface area contributed by atoms with Crippen molar-refractivity contribution in [3.05, 3.63) is 197 Å². The summed E-state index contributed by atoms with van der Waals surface area (Å²) < 4.78 is 9.88. The summed E-state index contributed by atoms with van der Waals surface area (Å²) >= 11 is 0. The fourth-order valence-corrected chi connectivity index (χ4v) is 9.02. The summed E-state index contributed by atoms with van der Waals surface area (Å²) in [5, 5.41) is 6.02. The highest BCUT2D eigenvalue weighted by Crippen LogP contribution is 2.56. The predicted octanol–water partition coefficient (Wildman–Crippen LogP) is 14.0. The number of amidine groups is 2. The molecule has 0 radical (unpaired) electrons. The number of nitrogens with one attached hydrogen (secondary N) is 1. The zero-order valence-electron chi connectivity index (χ0n) is 36.3. The lowest BCUT2D eigenvalue weighted by Gasteiger charge is -2.39. The maximum absolute atomic E-state index is 7.51. The van der Waals surface area contributed by atoms with Gasteiger partial charge in [0.05, 0.1) is 11.0 Å². The molecule has 0 aliphatic carbocycles. The second-order valence-electron chi connectivity index (χ2n) is 19.2.